The van der Waals surface area contributed by atoms with E-state index in [0.29, 0.717) is 5.56 Å². The molecule has 0 aliphatic rings. The molecule has 0 saturated carbocycles. The van der Waals surface area contributed by atoms with Gasteiger partial charge in [-0.25, -0.2) is 4.98 Å². The molecule has 4 rings (SSSR count). The molecule has 0 spiro atoms. The standard InChI is InChI=1S/C21H16N2O/c24-20(16-9-3-1-4-10-16)15-23-19-14-8-7-13-18(19)22-21(23)17-11-5-2-6-12-17/h1-14H,15H2. The molecule has 0 N–H and O–H groups in total. The quantitative estimate of drug-likeness (QED) is 0.517. The minimum Gasteiger partial charge on any atom is -0.316 e. The summed E-state index contributed by atoms with van der Waals surface area (Å²) in [6, 6.07) is 27.3. The van der Waals surface area contributed by atoms with Crippen molar-refractivity contribution >= 4 is 16.8 Å². The topological polar surface area (TPSA) is 34.9 Å². The van der Waals surface area contributed by atoms with Gasteiger partial charge in [-0.1, -0.05) is 72.8 Å². The molecule has 0 fully saturated rings. The van der Waals surface area contributed by atoms with Crippen molar-refractivity contribution in [3.8, 4) is 11.4 Å². The van der Waals surface area contributed by atoms with Gasteiger partial charge in [0.25, 0.3) is 0 Å². The lowest BCUT2D eigenvalue weighted by Crippen LogP contribution is -2.11. The molecular formula is C21H16N2O. The molecule has 3 aromatic carbocycles. The summed E-state index contributed by atoms with van der Waals surface area (Å²) < 4.78 is 2.00. The lowest BCUT2D eigenvalue weighted by molar-refractivity contribution is 0.0974. The Labute approximate surface area is 140 Å². The first-order valence-electron chi connectivity index (χ1n) is 7.92. The third-order valence-corrected chi connectivity index (χ3v) is 4.08. The van der Waals surface area contributed by atoms with Crippen LogP contribution in [0.4, 0.5) is 0 Å². The van der Waals surface area contributed by atoms with Crippen LogP contribution in [-0.2, 0) is 6.54 Å². The number of nitrogens with zero attached hydrogens (tertiary/aromatic N) is 2. The molecule has 0 bridgehead atoms. The maximum Gasteiger partial charge on any atom is 0.182 e. The van der Waals surface area contributed by atoms with Crippen LogP contribution >= 0.6 is 0 Å². The second-order valence-electron chi connectivity index (χ2n) is 5.67. The normalized spacial score (nSPS) is 10.8. The Morgan fingerprint density at radius 2 is 1.42 bits per heavy atom. The van der Waals surface area contributed by atoms with Gasteiger partial charge in [0, 0.05) is 11.1 Å². The summed E-state index contributed by atoms with van der Waals surface area (Å²) >= 11 is 0. The number of imidazole rings is 1. The van der Waals surface area contributed by atoms with Crippen LogP contribution in [0.15, 0.2) is 84.9 Å². The predicted octanol–water partition coefficient (Wildman–Crippen LogP) is 4.59. The molecule has 0 atom stereocenters. The Morgan fingerprint density at radius 3 is 2.17 bits per heavy atom. The molecule has 1 aromatic heterocycles. The SMILES string of the molecule is O=C(Cn1c(-c2ccccc2)nc2ccccc21)c1ccccc1. The highest BCUT2D eigenvalue weighted by Crippen LogP contribution is 2.25. The van der Waals surface area contributed by atoms with Gasteiger partial charge in [-0.2, -0.15) is 0 Å². The number of carbonyl (C=O) groups is 1. The van der Waals surface area contributed by atoms with Crippen molar-refractivity contribution in [3.05, 3.63) is 90.5 Å². The van der Waals surface area contributed by atoms with Crippen LogP contribution in [0.5, 0.6) is 0 Å². The molecule has 116 valence electrons. The van der Waals surface area contributed by atoms with Crippen molar-refractivity contribution in [2.75, 3.05) is 0 Å². The van der Waals surface area contributed by atoms with E-state index in [2.05, 4.69) is 0 Å². The van der Waals surface area contributed by atoms with Crippen molar-refractivity contribution < 1.29 is 4.79 Å². The van der Waals surface area contributed by atoms with E-state index in [0.717, 1.165) is 22.4 Å². The number of hydrogen-bond donors (Lipinski definition) is 0. The van der Waals surface area contributed by atoms with Gasteiger partial charge in [0.1, 0.15) is 5.82 Å². The van der Waals surface area contributed by atoms with Crippen LogP contribution < -0.4 is 0 Å². The first kappa shape index (κ1) is 14.4. The number of rotatable bonds is 4. The number of hydrogen-bond acceptors (Lipinski definition) is 2. The van der Waals surface area contributed by atoms with Crippen LogP contribution in [0, 0.1) is 0 Å². The molecule has 0 unspecified atom stereocenters. The third-order valence-electron chi connectivity index (χ3n) is 4.08. The maximum absolute atomic E-state index is 12.7. The molecule has 0 radical (unpaired) electrons. The Balaban J connectivity index is 1.83. The number of carbonyl (C=O) groups excluding carboxylic acids is 1. The van der Waals surface area contributed by atoms with Gasteiger partial charge in [0.05, 0.1) is 17.6 Å². The predicted molar refractivity (Wildman–Crippen MR) is 95.9 cm³/mol. The molecule has 3 heteroatoms. The fourth-order valence-electron chi connectivity index (χ4n) is 2.90. The number of benzene rings is 3. The third kappa shape index (κ3) is 2.61. The fourth-order valence-corrected chi connectivity index (χ4v) is 2.90. The average molecular weight is 312 g/mol. The zero-order chi connectivity index (χ0) is 16.4. The van der Waals surface area contributed by atoms with Crippen LogP contribution in [0.3, 0.4) is 0 Å². The zero-order valence-electron chi connectivity index (χ0n) is 13.1. The van der Waals surface area contributed by atoms with E-state index in [1.165, 1.54) is 0 Å². The molecule has 0 saturated heterocycles. The van der Waals surface area contributed by atoms with E-state index in [9.17, 15) is 4.79 Å². The second kappa shape index (κ2) is 6.13. The highest BCUT2D eigenvalue weighted by Gasteiger charge is 2.15. The van der Waals surface area contributed by atoms with Gasteiger partial charge in [-0.05, 0) is 12.1 Å². The monoisotopic (exact) mass is 312 g/mol. The fraction of sp³-hybridized carbons (Fsp3) is 0.0476. The highest BCUT2D eigenvalue weighted by atomic mass is 16.1. The summed E-state index contributed by atoms with van der Waals surface area (Å²) in [7, 11) is 0. The van der Waals surface area contributed by atoms with Gasteiger partial charge >= 0.3 is 0 Å². The largest absolute Gasteiger partial charge is 0.316 e. The van der Waals surface area contributed by atoms with Crippen LogP contribution in [0.25, 0.3) is 22.4 Å². The molecule has 0 aliphatic carbocycles. The van der Waals surface area contributed by atoms with Crippen LogP contribution in [-0.4, -0.2) is 15.3 Å². The van der Waals surface area contributed by atoms with E-state index in [-0.39, 0.29) is 12.3 Å². The zero-order valence-corrected chi connectivity index (χ0v) is 13.1. The minimum absolute atomic E-state index is 0.0796. The molecule has 0 aliphatic heterocycles. The van der Waals surface area contributed by atoms with Crippen molar-refractivity contribution in [2.45, 2.75) is 6.54 Å². The maximum atomic E-state index is 12.7. The second-order valence-corrected chi connectivity index (χ2v) is 5.67. The first-order valence-corrected chi connectivity index (χ1v) is 7.92. The van der Waals surface area contributed by atoms with Gasteiger partial charge in [-0.15, -0.1) is 0 Å². The first-order chi connectivity index (χ1) is 11.8. The van der Waals surface area contributed by atoms with Gasteiger partial charge in [0.15, 0.2) is 5.78 Å². The highest BCUT2D eigenvalue weighted by molar-refractivity contribution is 5.97. The molecular weight excluding hydrogens is 296 g/mol. The van der Waals surface area contributed by atoms with Crippen LogP contribution in [0.1, 0.15) is 10.4 Å². The van der Waals surface area contributed by atoms with Crippen molar-refractivity contribution in [1.29, 1.82) is 0 Å². The average Bonchev–Trinajstić information content (AvgIpc) is 3.02. The molecule has 24 heavy (non-hydrogen) atoms. The Morgan fingerprint density at radius 1 is 0.792 bits per heavy atom. The van der Waals surface area contributed by atoms with Crippen molar-refractivity contribution in [3.63, 3.8) is 0 Å². The molecule has 4 aromatic rings. The smallest absolute Gasteiger partial charge is 0.182 e. The summed E-state index contributed by atoms with van der Waals surface area (Å²) in [5.74, 6) is 0.900. The Kier molecular flexibility index (Phi) is 3.67. The van der Waals surface area contributed by atoms with E-state index in [4.69, 9.17) is 4.98 Å². The summed E-state index contributed by atoms with van der Waals surface area (Å²) in [6.07, 6.45) is 0. The van der Waals surface area contributed by atoms with Gasteiger partial charge in [0.2, 0.25) is 0 Å². The lowest BCUT2D eigenvalue weighted by atomic mass is 10.1. The van der Waals surface area contributed by atoms with Crippen molar-refractivity contribution in [2.24, 2.45) is 0 Å². The Bertz CT molecular complexity index is 988. The molecule has 1 heterocycles. The van der Waals surface area contributed by atoms with Crippen molar-refractivity contribution in [1.82, 2.24) is 9.55 Å². The summed E-state index contributed by atoms with van der Waals surface area (Å²) in [5.41, 5.74) is 3.60. The number of Topliss-reactive ketones (excluding diaryl/α,β-unsaturated/α-hetero) is 1. The lowest BCUT2D eigenvalue weighted by Gasteiger charge is -2.09. The summed E-state index contributed by atoms with van der Waals surface area (Å²) in [6.45, 7) is 0.273. The van der Waals surface area contributed by atoms with E-state index >= 15 is 0 Å². The number of ketones is 1. The summed E-state index contributed by atoms with van der Waals surface area (Å²) in [4.78, 5) is 17.4. The van der Waals surface area contributed by atoms with Gasteiger partial charge < -0.3 is 4.57 Å². The summed E-state index contributed by atoms with van der Waals surface area (Å²) in [5, 5.41) is 0. The number of aromatic nitrogens is 2. The van der Waals surface area contributed by atoms with Crippen LogP contribution in [0.2, 0.25) is 0 Å². The molecule has 0 amide bonds. The van der Waals surface area contributed by atoms with E-state index in [1.807, 2.05) is 89.5 Å². The van der Waals surface area contributed by atoms with E-state index < -0.39 is 0 Å². The number of fused-ring (bicyclic) bond motifs is 1. The minimum atomic E-state index is 0.0796. The van der Waals surface area contributed by atoms with E-state index in [1.54, 1.807) is 0 Å². The van der Waals surface area contributed by atoms with Gasteiger partial charge in [-0.3, -0.25) is 4.79 Å². The Hall–Kier alpha value is -3.20. The molecule has 3 nitrogen and oxygen atoms in total. The number of para-hydroxylation sites is 2.